The van der Waals surface area contributed by atoms with Crippen molar-refractivity contribution in [1.29, 1.82) is 0 Å². The number of amides is 1. The van der Waals surface area contributed by atoms with E-state index in [1.54, 1.807) is 5.38 Å². The van der Waals surface area contributed by atoms with Gasteiger partial charge in [-0.3, -0.25) is 4.79 Å². The average molecular weight is 241 g/mol. The number of nitrogens with one attached hydrogen (secondary N) is 1. The molecular formula is C11H19N3OS. The fraction of sp³-hybridized carbons (Fsp3) is 0.636. The summed E-state index contributed by atoms with van der Waals surface area (Å²) in [5.74, 6) is -0.109. The van der Waals surface area contributed by atoms with Crippen LogP contribution in [0.1, 0.15) is 49.1 Å². The molecule has 1 heterocycles. The van der Waals surface area contributed by atoms with E-state index in [-0.39, 0.29) is 11.4 Å². The minimum atomic E-state index is -0.149. The van der Waals surface area contributed by atoms with Crippen molar-refractivity contribution in [1.82, 2.24) is 10.3 Å². The lowest BCUT2D eigenvalue weighted by Gasteiger charge is -2.27. The standard InChI is InChI=1S/C11H19N3OS/c1-4-11(3,5-2)14-10(15)8-7-16-9(6-12)13-8/h7H,4-6,12H2,1-3H3,(H,14,15). The van der Waals surface area contributed by atoms with Crippen LogP contribution in [0.2, 0.25) is 0 Å². The third kappa shape index (κ3) is 3.02. The molecule has 0 saturated heterocycles. The predicted octanol–water partition coefficient (Wildman–Crippen LogP) is 1.91. The Balaban J connectivity index is 2.71. The first kappa shape index (κ1) is 13.1. The summed E-state index contributed by atoms with van der Waals surface area (Å²) in [4.78, 5) is 16.1. The van der Waals surface area contributed by atoms with Crippen LogP contribution in [-0.4, -0.2) is 16.4 Å². The van der Waals surface area contributed by atoms with E-state index in [0.29, 0.717) is 12.2 Å². The van der Waals surface area contributed by atoms with Gasteiger partial charge in [-0.1, -0.05) is 13.8 Å². The fourth-order valence-corrected chi connectivity index (χ4v) is 1.93. The Bertz CT molecular complexity index is 358. The maximum atomic E-state index is 11.9. The van der Waals surface area contributed by atoms with Crippen molar-refractivity contribution < 1.29 is 4.79 Å². The topological polar surface area (TPSA) is 68.0 Å². The predicted molar refractivity (Wildman–Crippen MR) is 66.5 cm³/mol. The van der Waals surface area contributed by atoms with Gasteiger partial charge in [-0.05, 0) is 19.8 Å². The van der Waals surface area contributed by atoms with Crippen molar-refractivity contribution in [2.24, 2.45) is 5.73 Å². The van der Waals surface area contributed by atoms with Gasteiger partial charge >= 0.3 is 0 Å². The summed E-state index contributed by atoms with van der Waals surface area (Å²) in [5, 5.41) is 5.56. The average Bonchev–Trinajstić information content (AvgIpc) is 2.77. The van der Waals surface area contributed by atoms with Crippen molar-refractivity contribution in [3.63, 3.8) is 0 Å². The van der Waals surface area contributed by atoms with Gasteiger partial charge in [0, 0.05) is 17.5 Å². The molecule has 0 aliphatic carbocycles. The van der Waals surface area contributed by atoms with E-state index < -0.39 is 0 Å². The lowest BCUT2D eigenvalue weighted by molar-refractivity contribution is 0.0896. The maximum absolute atomic E-state index is 11.9. The zero-order chi connectivity index (χ0) is 12.2. The molecule has 0 aromatic carbocycles. The van der Waals surface area contributed by atoms with Gasteiger partial charge in [0.05, 0.1) is 0 Å². The molecule has 0 saturated carbocycles. The zero-order valence-corrected chi connectivity index (χ0v) is 10.9. The quantitative estimate of drug-likeness (QED) is 0.827. The van der Waals surface area contributed by atoms with Crippen LogP contribution in [0.5, 0.6) is 0 Å². The molecule has 1 aromatic heterocycles. The molecule has 0 unspecified atom stereocenters. The molecule has 0 bridgehead atoms. The molecule has 0 aliphatic heterocycles. The van der Waals surface area contributed by atoms with E-state index >= 15 is 0 Å². The van der Waals surface area contributed by atoms with E-state index in [9.17, 15) is 4.79 Å². The first-order chi connectivity index (χ1) is 7.54. The van der Waals surface area contributed by atoms with Crippen LogP contribution in [0.4, 0.5) is 0 Å². The number of carbonyl (C=O) groups excluding carboxylic acids is 1. The summed E-state index contributed by atoms with van der Waals surface area (Å²) >= 11 is 1.42. The minimum Gasteiger partial charge on any atom is -0.346 e. The Hall–Kier alpha value is -0.940. The molecule has 16 heavy (non-hydrogen) atoms. The van der Waals surface area contributed by atoms with E-state index in [1.807, 2.05) is 6.92 Å². The normalized spacial score (nSPS) is 11.5. The van der Waals surface area contributed by atoms with Crippen LogP contribution in [0.15, 0.2) is 5.38 Å². The molecule has 1 aromatic rings. The Morgan fingerprint density at radius 3 is 2.62 bits per heavy atom. The van der Waals surface area contributed by atoms with Gasteiger partial charge in [-0.2, -0.15) is 0 Å². The Kier molecular flexibility index (Phi) is 4.44. The third-order valence-corrected chi connectivity index (χ3v) is 3.81. The second-order valence-electron chi connectivity index (χ2n) is 4.05. The molecule has 1 rings (SSSR count). The number of nitrogens with zero attached hydrogens (tertiary/aromatic N) is 1. The number of thiazole rings is 1. The highest BCUT2D eigenvalue weighted by atomic mass is 32.1. The van der Waals surface area contributed by atoms with Crippen LogP contribution in [0.25, 0.3) is 0 Å². The molecule has 90 valence electrons. The van der Waals surface area contributed by atoms with Crippen LogP contribution in [-0.2, 0) is 6.54 Å². The third-order valence-electron chi connectivity index (χ3n) is 2.93. The van der Waals surface area contributed by atoms with Crippen molar-refractivity contribution in [3.05, 3.63) is 16.1 Å². The number of hydrogen-bond donors (Lipinski definition) is 2. The first-order valence-electron chi connectivity index (χ1n) is 5.51. The number of carbonyl (C=O) groups is 1. The summed E-state index contributed by atoms with van der Waals surface area (Å²) in [6.45, 7) is 6.56. The molecule has 0 radical (unpaired) electrons. The van der Waals surface area contributed by atoms with E-state index in [1.165, 1.54) is 11.3 Å². The van der Waals surface area contributed by atoms with Crippen LogP contribution in [0, 0.1) is 0 Å². The highest BCUT2D eigenvalue weighted by Crippen LogP contribution is 2.15. The van der Waals surface area contributed by atoms with Gasteiger partial charge in [0.1, 0.15) is 10.7 Å². The number of hydrogen-bond acceptors (Lipinski definition) is 4. The number of rotatable bonds is 5. The molecule has 5 heteroatoms. The molecule has 4 nitrogen and oxygen atoms in total. The van der Waals surface area contributed by atoms with Crippen LogP contribution >= 0.6 is 11.3 Å². The molecule has 1 amide bonds. The van der Waals surface area contributed by atoms with Gasteiger partial charge < -0.3 is 11.1 Å². The Morgan fingerprint density at radius 1 is 1.56 bits per heavy atom. The molecular weight excluding hydrogens is 222 g/mol. The van der Waals surface area contributed by atoms with Gasteiger partial charge in [0.15, 0.2) is 0 Å². The highest BCUT2D eigenvalue weighted by molar-refractivity contribution is 7.09. The van der Waals surface area contributed by atoms with Gasteiger partial charge in [0.25, 0.3) is 5.91 Å². The van der Waals surface area contributed by atoms with Crippen LogP contribution in [0.3, 0.4) is 0 Å². The van der Waals surface area contributed by atoms with E-state index in [2.05, 4.69) is 24.1 Å². The van der Waals surface area contributed by atoms with Crippen molar-refractivity contribution in [2.45, 2.75) is 45.7 Å². The number of nitrogens with two attached hydrogens (primary N) is 1. The molecule has 0 atom stereocenters. The van der Waals surface area contributed by atoms with Gasteiger partial charge in [-0.15, -0.1) is 11.3 Å². The Morgan fingerprint density at radius 2 is 2.19 bits per heavy atom. The highest BCUT2D eigenvalue weighted by Gasteiger charge is 2.23. The molecule has 0 fully saturated rings. The van der Waals surface area contributed by atoms with E-state index in [0.717, 1.165) is 17.8 Å². The maximum Gasteiger partial charge on any atom is 0.271 e. The van der Waals surface area contributed by atoms with Crippen molar-refractivity contribution in [3.8, 4) is 0 Å². The molecule has 0 spiro atoms. The molecule has 0 aliphatic rings. The Labute approximate surface area is 100 Å². The minimum absolute atomic E-state index is 0.109. The summed E-state index contributed by atoms with van der Waals surface area (Å²) in [5.41, 5.74) is 5.78. The van der Waals surface area contributed by atoms with E-state index in [4.69, 9.17) is 5.73 Å². The summed E-state index contributed by atoms with van der Waals surface area (Å²) in [6.07, 6.45) is 1.81. The summed E-state index contributed by atoms with van der Waals surface area (Å²) < 4.78 is 0. The summed E-state index contributed by atoms with van der Waals surface area (Å²) in [6, 6.07) is 0. The van der Waals surface area contributed by atoms with Crippen molar-refractivity contribution >= 4 is 17.2 Å². The number of aromatic nitrogens is 1. The van der Waals surface area contributed by atoms with Crippen molar-refractivity contribution in [2.75, 3.05) is 0 Å². The smallest absolute Gasteiger partial charge is 0.271 e. The molecule has 3 N–H and O–H groups in total. The SMILES string of the molecule is CCC(C)(CC)NC(=O)c1csc(CN)n1. The monoisotopic (exact) mass is 241 g/mol. The summed E-state index contributed by atoms with van der Waals surface area (Å²) in [7, 11) is 0. The lowest BCUT2D eigenvalue weighted by atomic mass is 9.95. The largest absolute Gasteiger partial charge is 0.346 e. The lowest BCUT2D eigenvalue weighted by Crippen LogP contribution is -2.45. The van der Waals surface area contributed by atoms with Crippen LogP contribution < -0.4 is 11.1 Å². The first-order valence-corrected chi connectivity index (χ1v) is 6.39. The van der Waals surface area contributed by atoms with Gasteiger partial charge in [0.2, 0.25) is 0 Å². The second kappa shape index (κ2) is 5.41. The fourth-order valence-electron chi connectivity index (χ4n) is 1.27. The second-order valence-corrected chi connectivity index (χ2v) is 5.00. The zero-order valence-electron chi connectivity index (χ0n) is 10.0. The van der Waals surface area contributed by atoms with Gasteiger partial charge in [-0.25, -0.2) is 4.98 Å².